The fourth-order valence-electron chi connectivity index (χ4n) is 0.794. The Kier molecular flexibility index (Phi) is 3.53. The van der Waals surface area contributed by atoms with E-state index in [1.807, 2.05) is 0 Å². The summed E-state index contributed by atoms with van der Waals surface area (Å²) in [4.78, 5) is 7.92. The van der Waals surface area contributed by atoms with Gasteiger partial charge >= 0.3 is 0 Å². The smallest absolute Gasteiger partial charge is 0.218 e. The zero-order chi connectivity index (χ0) is 9.68. The molecule has 1 rings (SSSR count). The Balaban J connectivity index is 2.62. The fourth-order valence-corrected chi connectivity index (χ4v) is 1.01. The number of aromatic nitrogens is 2. The lowest BCUT2D eigenvalue weighted by Gasteiger charge is -2.03. The van der Waals surface area contributed by atoms with E-state index in [9.17, 15) is 0 Å². The van der Waals surface area contributed by atoms with Crippen molar-refractivity contribution in [2.75, 3.05) is 6.61 Å². The van der Waals surface area contributed by atoms with Crippen LogP contribution < -0.4 is 4.74 Å². The van der Waals surface area contributed by atoms with Gasteiger partial charge in [0.2, 0.25) is 5.88 Å². The van der Waals surface area contributed by atoms with E-state index in [1.165, 1.54) is 0 Å². The van der Waals surface area contributed by atoms with Gasteiger partial charge in [-0.05, 0) is 6.92 Å². The van der Waals surface area contributed by atoms with Gasteiger partial charge in [-0.1, -0.05) is 11.6 Å². The number of hydrogen-bond acceptors (Lipinski definition) is 3. The van der Waals surface area contributed by atoms with Crippen molar-refractivity contribution in [3.8, 4) is 18.2 Å². The first-order chi connectivity index (χ1) is 6.22. The highest BCUT2D eigenvalue weighted by Gasteiger charge is 1.99. The Bertz CT molecular complexity index is 313. The van der Waals surface area contributed by atoms with Crippen LogP contribution in [0.4, 0.5) is 0 Å². The normalized spacial score (nSPS) is 9.31. The quantitative estimate of drug-likeness (QED) is 0.420. The Hall–Kier alpha value is -1.27. The second-order valence-electron chi connectivity index (χ2n) is 2.38. The van der Waals surface area contributed by atoms with Crippen LogP contribution in [-0.4, -0.2) is 16.6 Å². The van der Waals surface area contributed by atoms with Gasteiger partial charge in [0.05, 0.1) is 0 Å². The first-order valence-corrected chi connectivity index (χ1v) is 4.17. The van der Waals surface area contributed by atoms with Crippen LogP contribution in [0.25, 0.3) is 0 Å². The zero-order valence-corrected chi connectivity index (χ0v) is 8.01. The Morgan fingerprint density at radius 3 is 3.00 bits per heavy atom. The van der Waals surface area contributed by atoms with Crippen molar-refractivity contribution in [3.05, 3.63) is 17.0 Å². The van der Waals surface area contributed by atoms with Crippen LogP contribution in [0.15, 0.2) is 6.07 Å². The van der Waals surface area contributed by atoms with Crippen LogP contribution in [0.1, 0.15) is 12.2 Å². The lowest BCUT2D eigenvalue weighted by molar-refractivity contribution is 0.313. The van der Waals surface area contributed by atoms with Crippen molar-refractivity contribution in [2.24, 2.45) is 0 Å². The summed E-state index contributed by atoms with van der Waals surface area (Å²) in [6.07, 6.45) is 5.62. The molecule has 0 aliphatic carbocycles. The number of rotatable bonds is 3. The lowest BCUT2D eigenvalue weighted by atomic mass is 10.5. The second kappa shape index (κ2) is 4.68. The molecule has 0 aliphatic heterocycles. The molecule has 0 aliphatic rings. The Morgan fingerprint density at radius 2 is 2.38 bits per heavy atom. The van der Waals surface area contributed by atoms with Crippen molar-refractivity contribution >= 4 is 11.6 Å². The molecule has 1 aromatic heterocycles. The van der Waals surface area contributed by atoms with Gasteiger partial charge in [-0.25, -0.2) is 4.98 Å². The number of nitrogens with zero attached hydrogens (tertiary/aromatic N) is 2. The molecule has 0 amide bonds. The number of hydrogen-bond donors (Lipinski definition) is 0. The van der Waals surface area contributed by atoms with Crippen LogP contribution in [0, 0.1) is 19.3 Å². The van der Waals surface area contributed by atoms with E-state index >= 15 is 0 Å². The van der Waals surface area contributed by atoms with E-state index in [0.717, 1.165) is 0 Å². The van der Waals surface area contributed by atoms with E-state index in [0.29, 0.717) is 29.9 Å². The van der Waals surface area contributed by atoms with Crippen molar-refractivity contribution in [3.63, 3.8) is 0 Å². The third-order valence-corrected chi connectivity index (χ3v) is 1.47. The van der Waals surface area contributed by atoms with Crippen LogP contribution in [0.3, 0.4) is 0 Å². The molecule has 0 unspecified atom stereocenters. The topological polar surface area (TPSA) is 35.0 Å². The average molecular weight is 197 g/mol. The highest BCUT2D eigenvalue weighted by Crippen LogP contribution is 2.13. The van der Waals surface area contributed by atoms with Crippen LogP contribution in [0.5, 0.6) is 5.88 Å². The summed E-state index contributed by atoms with van der Waals surface area (Å²) in [5.74, 6) is 3.52. The summed E-state index contributed by atoms with van der Waals surface area (Å²) in [6, 6.07) is 1.56. The summed E-state index contributed by atoms with van der Waals surface area (Å²) in [6.45, 7) is 2.20. The maximum Gasteiger partial charge on any atom is 0.218 e. The fraction of sp³-hybridized carbons (Fsp3) is 0.333. The summed E-state index contributed by atoms with van der Waals surface area (Å²) >= 11 is 5.69. The van der Waals surface area contributed by atoms with Gasteiger partial charge in [0.25, 0.3) is 0 Å². The average Bonchev–Trinajstić information content (AvgIpc) is 2.03. The molecule has 0 aromatic carbocycles. The van der Waals surface area contributed by atoms with E-state index in [-0.39, 0.29) is 0 Å². The summed E-state index contributed by atoms with van der Waals surface area (Å²) < 4.78 is 5.23. The first-order valence-electron chi connectivity index (χ1n) is 3.80. The monoisotopic (exact) mass is 196 g/mol. The maximum absolute atomic E-state index is 5.69. The summed E-state index contributed by atoms with van der Waals surface area (Å²) in [5.41, 5.74) is 0. The molecule has 1 aromatic rings. The minimum atomic E-state index is 0.378. The standard InChI is InChI=1S/C9H9ClN2O/c1-3-4-5-13-9-6-8(10)11-7(2)12-9/h1,6H,4-5H2,2H3. The molecule has 0 saturated heterocycles. The molecular formula is C9H9ClN2O. The maximum atomic E-state index is 5.69. The highest BCUT2D eigenvalue weighted by molar-refractivity contribution is 6.29. The van der Waals surface area contributed by atoms with Crippen molar-refractivity contribution in [1.82, 2.24) is 9.97 Å². The highest BCUT2D eigenvalue weighted by atomic mass is 35.5. The molecule has 4 heteroatoms. The van der Waals surface area contributed by atoms with Crippen LogP contribution >= 0.6 is 11.6 Å². The molecule has 0 N–H and O–H groups in total. The number of ether oxygens (including phenoxy) is 1. The Morgan fingerprint density at radius 1 is 1.62 bits per heavy atom. The first kappa shape index (κ1) is 9.82. The number of halogens is 1. The van der Waals surface area contributed by atoms with E-state index in [1.54, 1.807) is 13.0 Å². The predicted octanol–water partition coefficient (Wildman–Crippen LogP) is 1.84. The van der Waals surface area contributed by atoms with Crippen molar-refractivity contribution in [2.45, 2.75) is 13.3 Å². The third kappa shape index (κ3) is 3.30. The molecule has 0 atom stereocenters. The predicted molar refractivity (Wildman–Crippen MR) is 50.7 cm³/mol. The van der Waals surface area contributed by atoms with Gasteiger partial charge in [0, 0.05) is 12.5 Å². The van der Waals surface area contributed by atoms with Gasteiger partial charge in [0.15, 0.2) is 0 Å². The van der Waals surface area contributed by atoms with Crippen molar-refractivity contribution < 1.29 is 4.74 Å². The molecular weight excluding hydrogens is 188 g/mol. The Labute approximate surface area is 82.1 Å². The van der Waals surface area contributed by atoms with Gasteiger partial charge in [0.1, 0.15) is 17.6 Å². The molecule has 0 bridgehead atoms. The molecule has 13 heavy (non-hydrogen) atoms. The number of terminal acetylenes is 1. The molecule has 0 saturated carbocycles. The number of aryl methyl sites for hydroxylation is 1. The van der Waals surface area contributed by atoms with Gasteiger partial charge in [-0.3, -0.25) is 0 Å². The molecule has 0 spiro atoms. The minimum absolute atomic E-state index is 0.378. The lowest BCUT2D eigenvalue weighted by Crippen LogP contribution is -1.99. The van der Waals surface area contributed by atoms with Gasteiger partial charge < -0.3 is 4.74 Å². The van der Waals surface area contributed by atoms with Gasteiger partial charge in [-0.15, -0.1) is 12.3 Å². The molecule has 0 fully saturated rings. The summed E-state index contributed by atoms with van der Waals surface area (Å²) in [5, 5.41) is 0.378. The van der Waals surface area contributed by atoms with Crippen LogP contribution in [-0.2, 0) is 0 Å². The molecule has 3 nitrogen and oxygen atoms in total. The second-order valence-corrected chi connectivity index (χ2v) is 2.77. The SMILES string of the molecule is C#CCCOc1cc(Cl)nc(C)n1. The largest absolute Gasteiger partial charge is 0.477 e. The van der Waals surface area contributed by atoms with Crippen LogP contribution in [0.2, 0.25) is 5.15 Å². The molecule has 68 valence electrons. The molecule has 1 heterocycles. The molecule has 0 radical (unpaired) electrons. The third-order valence-electron chi connectivity index (χ3n) is 1.28. The minimum Gasteiger partial charge on any atom is -0.477 e. The van der Waals surface area contributed by atoms with E-state index in [2.05, 4.69) is 15.9 Å². The summed E-state index contributed by atoms with van der Waals surface area (Å²) in [7, 11) is 0. The van der Waals surface area contributed by atoms with Gasteiger partial charge in [-0.2, -0.15) is 4.98 Å². The van der Waals surface area contributed by atoms with E-state index < -0.39 is 0 Å². The van der Waals surface area contributed by atoms with E-state index in [4.69, 9.17) is 22.8 Å². The zero-order valence-electron chi connectivity index (χ0n) is 7.25. The van der Waals surface area contributed by atoms with Crippen molar-refractivity contribution in [1.29, 1.82) is 0 Å².